The number of thiazole rings is 1. The molecule has 160 valence electrons. The van der Waals surface area contributed by atoms with E-state index in [1.165, 1.54) is 0 Å². The molecule has 3 aromatic rings. The second kappa shape index (κ2) is 9.72. The van der Waals surface area contributed by atoms with E-state index in [-0.39, 0.29) is 6.09 Å². The van der Waals surface area contributed by atoms with E-state index >= 15 is 0 Å². The van der Waals surface area contributed by atoms with Crippen LogP contribution in [0.4, 0.5) is 4.79 Å². The molecule has 9 heteroatoms. The Morgan fingerprint density at radius 2 is 1.93 bits per heavy atom. The first-order valence-corrected chi connectivity index (χ1v) is 11.6. The molecule has 0 spiro atoms. The summed E-state index contributed by atoms with van der Waals surface area (Å²) in [6, 6.07) is 8.05. The highest BCUT2D eigenvalue weighted by molar-refractivity contribution is 7.98. The number of aromatic nitrogens is 3. The molecule has 0 atom stereocenters. The fourth-order valence-electron chi connectivity index (χ4n) is 2.74. The zero-order chi connectivity index (χ0) is 21.7. The first-order chi connectivity index (χ1) is 14.3. The molecule has 0 aliphatic rings. The molecule has 1 aromatic carbocycles. The number of methoxy groups -OCH3 is 1. The van der Waals surface area contributed by atoms with Gasteiger partial charge in [0.25, 0.3) is 0 Å². The Bertz CT molecular complexity index is 1000. The molecule has 0 bridgehead atoms. The fraction of sp³-hybridized carbons (Fsp3) is 0.429. The lowest BCUT2D eigenvalue weighted by atomic mass is 10.1. The average Bonchev–Trinajstić information content (AvgIpc) is 3.14. The summed E-state index contributed by atoms with van der Waals surface area (Å²) < 4.78 is 10.7. The van der Waals surface area contributed by atoms with Crippen LogP contribution in [0.3, 0.4) is 0 Å². The minimum Gasteiger partial charge on any atom is -0.444 e. The van der Waals surface area contributed by atoms with Crippen molar-refractivity contribution in [2.75, 3.05) is 26.5 Å². The van der Waals surface area contributed by atoms with Crippen molar-refractivity contribution in [1.29, 1.82) is 0 Å². The summed E-state index contributed by atoms with van der Waals surface area (Å²) in [5, 5.41) is 1.78. The molecule has 0 saturated heterocycles. The Hall–Kier alpha value is -2.23. The summed E-state index contributed by atoms with van der Waals surface area (Å²) in [5.41, 5.74) is 2.31. The van der Waals surface area contributed by atoms with E-state index in [2.05, 4.69) is 9.97 Å². The maximum Gasteiger partial charge on any atom is 0.410 e. The standard InChI is InChI=1S/C21H26N4O3S2/c1-21(2,3)28-20(26)25(10-11-27-4)12-14-6-8-15(9-7-14)17-24-16-18(29-5)22-13-23-19(16)30-17/h6-9,13H,10-12H2,1-5H3. The lowest BCUT2D eigenvalue weighted by Crippen LogP contribution is -2.38. The molecule has 0 radical (unpaired) electrons. The zero-order valence-electron chi connectivity index (χ0n) is 17.8. The van der Waals surface area contributed by atoms with Crippen LogP contribution in [0.2, 0.25) is 0 Å². The number of ether oxygens (including phenoxy) is 2. The van der Waals surface area contributed by atoms with Gasteiger partial charge in [0.15, 0.2) is 0 Å². The third kappa shape index (κ3) is 5.68. The molecule has 0 unspecified atom stereocenters. The highest BCUT2D eigenvalue weighted by Crippen LogP contribution is 2.32. The molecule has 2 aromatic heterocycles. The third-order valence-electron chi connectivity index (χ3n) is 4.15. The summed E-state index contributed by atoms with van der Waals surface area (Å²) in [6.45, 7) is 6.93. The van der Waals surface area contributed by atoms with Crippen molar-refractivity contribution in [2.24, 2.45) is 0 Å². The molecule has 3 rings (SSSR count). The fourth-order valence-corrected chi connectivity index (χ4v) is 4.21. The summed E-state index contributed by atoms with van der Waals surface area (Å²) in [7, 11) is 1.62. The summed E-state index contributed by atoms with van der Waals surface area (Å²) in [4.78, 5) is 28.4. The van der Waals surface area contributed by atoms with Crippen molar-refractivity contribution in [2.45, 2.75) is 37.9 Å². The van der Waals surface area contributed by atoms with Crippen molar-refractivity contribution in [1.82, 2.24) is 19.9 Å². The normalized spacial score (nSPS) is 11.6. The third-order valence-corrected chi connectivity index (χ3v) is 5.84. The minimum atomic E-state index is -0.544. The van der Waals surface area contributed by atoms with Crippen LogP contribution in [-0.4, -0.2) is 58.1 Å². The van der Waals surface area contributed by atoms with Crippen LogP contribution in [0, 0.1) is 0 Å². The van der Waals surface area contributed by atoms with Crippen molar-refractivity contribution < 1.29 is 14.3 Å². The summed E-state index contributed by atoms with van der Waals surface area (Å²) >= 11 is 3.11. The molecule has 0 saturated carbocycles. The molecular formula is C21H26N4O3S2. The number of hydrogen-bond acceptors (Lipinski definition) is 8. The summed E-state index contributed by atoms with van der Waals surface area (Å²) in [6.07, 6.45) is 3.21. The number of thioether (sulfide) groups is 1. The first kappa shape index (κ1) is 22.5. The van der Waals surface area contributed by atoms with Gasteiger partial charge in [-0.2, -0.15) is 0 Å². The number of rotatable bonds is 7. The topological polar surface area (TPSA) is 77.4 Å². The summed E-state index contributed by atoms with van der Waals surface area (Å²) in [5.74, 6) is 0. The number of carbonyl (C=O) groups excluding carboxylic acids is 1. The van der Waals surface area contributed by atoms with E-state index < -0.39 is 5.60 Å². The van der Waals surface area contributed by atoms with Crippen LogP contribution in [0.25, 0.3) is 20.9 Å². The number of carbonyl (C=O) groups is 1. The number of fused-ring (bicyclic) bond motifs is 1. The van der Waals surface area contributed by atoms with Gasteiger partial charge in [0, 0.05) is 25.8 Å². The van der Waals surface area contributed by atoms with Gasteiger partial charge in [-0.15, -0.1) is 11.8 Å². The Morgan fingerprint density at radius 3 is 2.57 bits per heavy atom. The number of benzene rings is 1. The van der Waals surface area contributed by atoms with Gasteiger partial charge in [-0.25, -0.2) is 19.7 Å². The van der Waals surface area contributed by atoms with Crippen molar-refractivity contribution in [3.8, 4) is 10.6 Å². The number of amides is 1. The molecule has 0 aliphatic heterocycles. The molecule has 7 nitrogen and oxygen atoms in total. The van der Waals surface area contributed by atoms with Crippen LogP contribution in [0.1, 0.15) is 26.3 Å². The Morgan fingerprint density at radius 1 is 1.20 bits per heavy atom. The molecule has 1 amide bonds. The van der Waals surface area contributed by atoms with Crippen LogP contribution < -0.4 is 0 Å². The Kier molecular flexibility index (Phi) is 7.27. The number of nitrogens with zero attached hydrogens (tertiary/aromatic N) is 4. The van der Waals surface area contributed by atoms with E-state index in [1.54, 1.807) is 41.4 Å². The maximum atomic E-state index is 12.5. The van der Waals surface area contributed by atoms with Gasteiger partial charge in [0.2, 0.25) is 0 Å². The highest BCUT2D eigenvalue weighted by atomic mass is 32.2. The molecule has 0 aliphatic carbocycles. The van der Waals surface area contributed by atoms with Gasteiger partial charge in [-0.05, 0) is 32.6 Å². The average molecular weight is 447 g/mol. The Labute approximate surface area is 184 Å². The highest BCUT2D eigenvalue weighted by Gasteiger charge is 2.22. The number of hydrogen-bond donors (Lipinski definition) is 0. The van der Waals surface area contributed by atoms with E-state index in [4.69, 9.17) is 14.5 Å². The molecule has 0 N–H and O–H groups in total. The predicted molar refractivity (Wildman–Crippen MR) is 121 cm³/mol. The Balaban J connectivity index is 1.77. The van der Waals surface area contributed by atoms with E-state index in [9.17, 15) is 4.79 Å². The lowest BCUT2D eigenvalue weighted by Gasteiger charge is -2.27. The predicted octanol–water partition coefficient (Wildman–Crippen LogP) is 4.86. The zero-order valence-corrected chi connectivity index (χ0v) is 19.5. The van der Waals surface area contributed by atoms with Crippen molar-refractivity contribution >= 4 is 39.5 Å². The molecule has 0 fully saturated rings. The van der Waals surface area contributed by atoms with E-state index in [0.717, 1.165) is 31.5 Å². The van der Waals surface area contributed by atoms with Crippen LogP contribution >= 0.6 is 23.1 Å². The molecule has 2 heterocycles. The van der Waals surface area contributed by atoms with Gasteiger partial charge < -0.3 is 14.4 Å². The van der Waals surface area contributed by atoms with Crippen LogP contribution in [0.5, 0.6) is 0 Å². The molecule has 30 heavy (non-hydrogen) atoms. The van der Waals surface area contributed by atoms with E-state index in [1.807, 2.05) is 51.3 Å². The first-order valence-electron chi connectivity index (χ1n) is 9.52. The van der Waals surface area contributed by atoms with Crippen molar-refractivity contribution in [3.63, 3.8) is 0 Å². The lowest BCUT2D eigenvalue weighted by molar-refractivity contribution is 0.0184. The SMILES string of the molecule is COCCN(Cc1ccc(-c2nc3c(SC)ncnc3s2)cc1)C(=O)OC(C)(C)C. The van der Waals surface area contributed by atoms with Crippen LogP contribution in [-0.2, 0) is 16.0 Å². The minimum absolute atomic E-state index is 0.349. The quantitative estimate of drug-likeness (QED) is 0.379. The second-order valence-electron chi connectivity index (χ2n) is 7.65. The largest absolute Gasteiger partial charge is 0.444 e. The van der Waals surface area contributed by atoms with Gasteiger partial charge in [-0.1, -0.05) is 35.6 Å². The maximum absolute atomic E-state index is 12.5. The van der Waals surface area contributed by atoms with Crippen LogP contribution in [0.15, 0.2) is 35.6 Å². The molecular weight excluding hydrogens is 420 g/mol. The van der Waals surface area contributed by atoms with Gasteiger partial charge >= 0.3 is 6.09 Å². The van der Waals surface area contributed by atoms with Gasteiger partial charge in [0.1, 0.15) is 32.3 Å². The van der Waals surface area contributed by atoms with E-state index in [0.29, 0.717) is 19.7 Å². The monoisotopic (exact) mass is 446 g/mol. The van der Waals surface area contributed by atoms with Gasteiger partial charge in [0.05, 0.1) is 6.61 Å². The second-order valence-corrected chi connectivity index (χ2v) is 9.42. The smallest absolute Gasteiger partial charge is 0.410 e. The van der Waals surface area contributed by atoms with Gasteiger partial charge in [-0.3, -0.25) is 0 Å². The van der Waals surface area contributed by atoms with Crippen molar-refractivity contribution in [3.05, 3.63) is 36.2 Å².